The molecule has 1 saturated heterocycles. The normalized spacial score (nSPS) is 14.8. The van der Waals surface area contributed by atoms with Crippen LogP contribution in [0.2, 0.25) is 0 Å². The molecule has 1 fully saturated rings. The van der Waals surface area contributed by atoms with Crippen molar-refractivity contribution in [2.24, 2.45) is 0 Å². The predicted molar refractivity (Wildman–Crippen MR) is 103 cm³/mol. The number of anilines is 1. The summed E-state index contributed by atoms with van der Waals surface area (Å²) in [6.07, 6.45) is -0.952. The van der Waals surface area contributed by atoms with Gasteiger partial charge in [0.1, 0.15) is 11.6 Å². The lowest BCUT2D eigenvalue weighted by molar-refractivity contribution is -0.137. The van der Waals surface area contributed by atoms with E-state index in [9.17, 15) is 18.0 Å². The number of piperazine rings is 1. The molecule has 3 aromatic rings. The Labute approximate surface area is 170 Å². The molecule has 156 valence electrons. The van der Waals surface area contributed by atoms with Crippen molar-refractivity contribution in [3.63, 3.8) is 0 Å². The van der Waals surface area contributed by atoms with E-state index in [-0.39, 0.29) is 11.5 Å². The standard InChI is InChI=1S/C20H19F3N6O/c1-14-25-17(13-18(26-14)29-8-2-7-24-29)27-9-11-28(12-10-27)19(30)15-3-5-16(6-4-15)20(21,22)23/h2-8,13H,9-12H2,1H3. The molecule has 1 aliphatic heterocycles. The Hall–Kier alpha value is -3.43. The smallest absolute Gasteiger partial charge is 0.353 e. The van der Waals surface area contributed by atoms with Crippen LogP contribution in [0.1, 0.15) is 21.7 Å². The molecule has 0 N–H and O–H groups in total. The minimum atomic E-state index is -4.42. The molecule has 1 amide bonds. The largest absolute Gasteiger partial charge is 0.416 e. The molecule has 4 rings (SSSR count). The molecule has 1 aromatic carbocycles. The molecule has 3 heterocycles. The van der Waals surface area contributed by atoms with Gasteiger partial charge in [-0.3, -0.25) is 4.79 Å². The number of nitrogens with zero attached hydrogens (tertiary/aromatic N) is 6. The number of hydrogen-bond donors (Lipinski definition) is 0. The molecule has 0 spiro atoms. The van der Waals surface area contributed by atoms with Crippen molar-refractivity contribution in [3.05, 3.63) is 65.7 Å². The second-order valence-electron chi connectivity index (χ2n) is 6.94. The molecule has 0 radical (unpaired) electrons. The average molecular weight is 416 g/mol. The van der Waals surface area contributed by atoms with Crippen molar-refractivity contribution in [2.45, 2.75) is 13.1 Å². The van der Waals surface area contributed by atoms with E-state index in [4.69, 9.17) is 0 Å². The number of halogens is 3. The minimum Gasteiger partial charge on any atom is -0.353 e. The zero-order valence-corrected chi connectivity index (χ0v) is 16.2. The van der Waals surface area contributed by atoms with E-state index in [0.29, 0.717) is 37.8 Å². The predicted octanol–water partition coefficient (Wildman–Crippen LogP) is 2.95. The molecule has 30 heavy (non-hydrogen) atoms. The SMILES string of the molecule is Cc1nc(N2CCN(C(=O)c3ccc(C(F)(F)F)cc3)CC2)cc(-n2cccn2)n1. The van der Waals surface area contributed by atoms with E-state index in [2.05, 4.69) is 20.0 Å². The van der Waals surface area contributed by atoms with Crippen molar-refractivity contribution in [2.75, 3.05) is 31.1 Å². The van der Waals surface area contributed by atoms with Gasteiger partial charge in [-0.05, 0) is 37.3 Å². The molecule has 10 heteroatoms. The highest BCUT2D eigenvalue weighted by Gasteiger charge is 2.31. The van der Waals surface area contributed by atoms with Crippen LogP contribution in [0, 0.1) is 6.92 Å². The fourth-order valence-corrected chi connectivity index (χ4v) is 3.34. The topological polar surface area (TPSA) is 67.2 Å². The number of benzene rings is 1. The molecule has 0 atom stereocenters. The second kappa shape index (κ2) is 7.77. The van der Waals surface area contributed by atoms with Gasteiger partial charge in [-0.1, -0.05) is 0 Å². The third kappa shape index (κ3) is 4.12. The zero-order valence-electron chi connectivity index (χ0n) is 16.2. The first-order valence-electron chi connectivity index (χ1n) is 9.38. The summed E-state index contributed by atoms with van der Waals surface area (Å²) in [5, 5.41) is 4.19. The maximum Gasteiger partial charge on any atom is 0.416 e. The van der Waals surface area contributed by atoms with Gasteiger partial charge in [0.25, 0.3) is 5.91 Å². The van der Waals surface area contributed by atoms with Gasteiger partial charge in [0.15, 0.2) is 5.82 Å². The molecule has 1 aliphatic rings. The number of rotatable bonds is 3. The zero-order chi connectivity index (χ0) is 21.3. The monoisotopic (exact) mass is 416 g/mol. The fraction of sp³-hybridized carbons (Fsp3) is 0.300. The quantitative estimate of drug-likeness (QED) is 0.657. The number of aryl methyl sites for hydroxylation is 1. The average Bonchev–Trinajstić information content (AvgIpc) is 3.27. The van der Waals surface area contributed by atoms with E-state index in [0.717, 1.165) is 18.0 Å². The fourth-order valence-electron chi connectivity index (χ4n) is 3.34. The first-order valence-corrected chi connectivity index (χ1v) is 9.38. The van der Waals surface area contributed by atoms with Crippen molar-refractivity contribution >= 4 is 11.7 Å². The molecule has 0 bridgehead atoms. The Morgan fingerprint density at radius 3 is 2.27 bits per heavy atom. The Kier molecular flexibility index (Phi) is 5.15. The lowest BCUT2D eigenvalue weighted by Gasteiger charge is -2.35. The van der Waals surface area contributed by atoms with E-state index in [1.54, 1.807) is 28.9 Å². The molecule has 0 unspecified atom stereocenters. The maximum absolute atomic E-state index is 12.7. The lowest BCUT2D eigenvalue weighted by Crippen LogP contribution is -2.49. The van der Waals surface area contributed by atoms with Crippen molar-refractivity contribution in [1.29, 1.82) is 0 Å². The second-order valence-corrected chi connectivity index (χ2v) is 6.94. The van der Waals surface area contributed by atoms with Gasteiger partial charge in [0.05, 0.1) is 5.56 Å². The summed E-state index contributed by atoms with van der Waals surface area (Å²) < 4.78 is 39.8. The van der Waals surface area contributed by atoms with Crippen molar-refractivity contribution < 1.29 is 18.0 Å². The summed E-state index contributed by atoms with van der Waals surface area (Å²) in [6, 6.07) is 7.97. The summed E-state index contributed by atoms with van der Waals surface area (Å²) in [7, 11) is 0. The highest BCUT2D eigenvalue weighted by Crippen LogP contribution is 2.29. The minimum absolute atomic E-state index is 0.246. The van der Waals surface area contributed by atoms with Crippen LogP contribution in [-0.2, 0) is 6.18 Å². The lowest BCUT2D eigenvalue weighted by atomic mass is 10.1. The van der Waals surface area contributed by atoms with Gasteiger partial charge in [0, 0.05) is 50.2 Å². The van der Waals surface area contributed by atoms with Gasteiger partial charge in [-0.2, -0.15) is 18.3 Å². The van der Waals surface area contributed by atoms with Crippen LogP contribution < -0.4 is 4.90 Å². The number of amides is 1. The molecular formula is C20H19F3N6O. The molecule has 0 aliphatic carbocycles. The van der Waals surface area contributed by atoms with Crippen LogP contribution in [-0.4, -0.2) is 56.7 Å². The number of carbonyl (C=O) groups excluding carboxylic acids is 1. The number of alkyl halides is 3. The molecular weight excluding hydrogens is 397 g/mol. The van der Waals surface area contributed by atoms with Gasteiger partial charge in [-0.25, -0.2) is 14.6 Å². The van der Waals surface area contributed by atoms with Gasteiger partial charge >= 0.3 is 6.18 Å². The van der Waals surface area contributed by atoms with Crippen LogP contribution >= 0.6 is 0 Å². The van der Waals surface area contributed by atoms with Crippen LogP contribution in [0.25, 0.3) is 5.82 Å². The Bertz CT molecular complexity index is 1030. The van der Waals surface area contributed by atoms with Crippen LogP contribution in [0.3, 0.4) is 0 Å². The van der Waals surface area contributed by atoms with Gasteiger partial charge in [-0.15, -0.1) is 0 Å². The van der Waals surface area contributed by atoms with E-state index >= 15 is 0 Å². The summed E-state index contributed by atoms with van der Waals surface area (Å²) in [4.78, 5) is 25.2. The Balaban J connectivity index is 1.43. The first-order chi connectivity index (χ1) is 14.3. The Morgan fingerprint density at radius 1 is 1.00 bits per heavy atom. The third-order valence-electron chi connectivity index (χ3n) is 4.90. The van der Waals surface area contributed by atoms with Crippen LogP contribution in [0.5, 0.6) is 0 Å². The number of carbonyl (C=O) groups is 1. The Morgan fingerprint density at radius 2 is 1.67 bits per heavy atom. The van der Waals surface area contributed by atoms with E-state index in [1.165, 1.54) is 12.1 Å². The van der Waals surface area contributed by atoms with Crippen molar-refractivity contribution in [3.8, 4) is 5.82 Å². The van der Waals surface area contributed by atoms with Gasteiger partial charge in [0.2, 0.25) is 0 Å². The third-order valence-corrected chi connectivity index (χ3v) is 4.90. The van der Waals surface area contributed by atoms with Crippen molar-refractivity contribution in [1.82, 2.24) is 24.6 Å². The summed E-state index contributed by atoms with van der Waals surface area (Å²) >= 11 is 0. The summed E-state index contributed by atoms with van der Waals surface area (Å²) in [6.45, 7) is 3.81. The summed E-state index contributed by atoms with van der Waals surface area (Å²) in [5.74, 6) is 1.74. The van der Waals surface area contributed by atoms with Crippen LogP contribution in [0.15, 0.2) is 48.8 Å². The number of hydrogen-bond acceptors (Lipinski definition) is 5. The van der Waals surface area contributed by atoms with Crippen LogP contribution in [0.4, 0.5) is 19.0 Å². The van der Waals surface area contributed by atoms with E-state index < -0.39 is 11.7 Å². The molecule has 0 saturated carbocycles. The number of aromatic nitrogens is 4. The highest BCUT2D eigenvalue weighted by atomic mass is 19.4. The highest BCUT2D eigenvalue weighted by molar-refractivity contribution is 5.94. The van der Waals surface area contributed by atoms with Gasteiger partial charge < -0.3 is 9.80 Å². The molecule has 2 aromatic heterocycles. The summed E-state index contributed by atoms with van der Waals surface area (Å²) in [5.41, 5.74) is -0.522. The van der Waals surface area contributed by atoms with E-state index in [1.807, 2.05) is 12.1 Å². The maximum atomic E-state index is 12.7. The molecule has 7 nitrogen and oxygen atoms in total. The first kappa shape index (κ1) is 19.9.